The molecule has 0 saturated heterocycles. The predicted molar refractivity (Wildman–Crippen MR) is 81.0 cm³/mol. The summed E-state index contributed by atoms with van der Waals surface area (Å²) < 4.78 is 0. The van der Waals surface area contributed by atoms with Crippen molar-refractivity contribution in [3.63, 3.8) is 0 Å². The smallest absolute Gasteiger partial charge is 0.274 e. The van der Waals surface area contributed by atoms with Crippen molar-refractivity contribution >= 4 is 11.4 Å². The third-order valence-corrected chi connectivity index (χ3v) is 3.24. The van der Waals surface area contributed by atoms with E-state index >= 15 is 0 Å². The number of hydrogen-bond acceptors (Lipinski definition) is 3. The molecule has 0 spiro atoms. The van der Waals surface area contributed by atoms with Gasteiger partial charge in [-0.15, -0.1) is 0 Å². The van der Waals surface area contributed by atoms with Crippen molar-refractivity contribution < 1.29 is 4.92 Å². The summed E-state index contributed by atoms with van der Waals surface area (Å²) >= 11 is 0. The molecule has 0 aliphatic rings. The van der Waals surface area contributed by atoms with Crippen LogP contribution in [0.2, 0.25) is 0 Å². The number of nitrogens with zero attached hydrogens (tertiary/aromatic N) is 1. The second-order valence-electron chi connectivity index (χ2n) is 4.98. The number of rotatable bonds is 5. The average Bonchev–Trinajstić information content (AvgIpc) is 2.45. The van der Waals surface area contributed by atoms with E-state index in [1.165, 1.54) is 11.6 Å². The molecule has 0 unspecified atom stereocenters. The summed E-state index contributed by atoms with van der Waals surface area (Å²) in [7, 11) is 0. The van der Waals surface area contributed by atoms with E-state index in [4.69, 9.17) is 0 Å². The molecule has 0 aromatic heterocycles. The second kappa shape index (κ2) is 6.19. The Bertz CT molecular complexity index is 609. The number of nitro benzene ring substituents is 1. The van der Waals surface area contributed by atoms with Gasteiger partial charge in [-0.25, -0.2) is 0 Å². The summed E-state index contributed by atoms with van der Waals surface area (Å²) in [6, 6.07) is 14.9. The Balaban J connectivity index is 2.20. The van der Waals surface area contributed by atoms with Crippen LogP contribution in [0.1, 0.15) is 30.9 Å². The van der Waals surface area contributed by atoms with Crippen molar-refractivity contribution in [3.8, 4) is 0 Å². The molecule has 0 heterocycles. The zero-order valence-corrected chi connectivity index (χ0v) is 11.7. The fourth-order valence-corrected chi connectivity index (χ4v) is 2.19. The van der Waals surface area contributed by atoms with Gasteiger partial charge in [0.25, 0.3) is 5.69 Å². The second-order valence-corrected chi connectivity index (χ2v) is 4.98. The van der Waals surface area contributed by atoms with Gasteiger partial charge in [0.15, 0.2) is 0 Å². The van der Waals surface area contributed by atoms with Crippen LogP contribution in [-0.4, -0.2) is 4.92 Å². The van der Waals surface area contributed by atoms with E-state index in [2.05, 4.69) is 25.2 Å². The first kappa shape index (κ1) is 14.1. The van der Waals surface area contributed by atoms with Gasteiger partial charge in [-0.3, -0.25) is 10.1 Å². The molecule has 1 N–H and O–H groups in total. The molecule has 104 valence electrons. The van der Waals surface area contributed by atoms with Gasteiger partial charge in [-0.1, -0.05) is 50.2 Å². The Kier molecular flexibility index (Phi) is 4.35. The van der Waals surface area contributed by atoms with Crippen molar-refractivity contribution in [1.82, 2.24) is 0 Å². The fraction of sp³-hybridized carbons (Fsp3) is 0.250. The number of nitro groups is 1. The van der Waals surface area contributed by atoms with Crippen LogP contribution in [0.3, 0.4) is 0 Å². The summed E-state index contributed by atoms with van der Waals surface area (Å²) in [5.41, 5.74) is 3.09. The van der Waals surface area contributed by atoms with E-state index in [0.29, 0.717) is 18.0 Å². The lowest BCUT2D eigenvalue weighted by molar-refractivity contribution is -0.385. The first-order valence-corrected chi connectivity index (χ1v) is 6.64. The molecule has 2 aromatic rings. The third-order valence-electron chi connectivity index (χ3n) is 3.24. The highest BCUT2D eigenvalue weighted by molar-refractivity contribution is 5.54. The fourth-order valence-electron chi connectivity index (χ4n) is 2.19. The average molecular weight is 270 g/mol. The van der Waals surface area contributed by atoms with Crippen molar-refractivity contribution in [2.75, 3.05) is 5.32 Å². The molecular formula is C16H18N2O2. The molecule has 4 nitrogen and oxygen atoms in total. The molecule has 0 amide bonds. The maximum absolute atomic E-state index is 11.0. The van der Waals surface area contributed by atoms with E-state index in [1.54, 1.807) is 12.1 Å². The highest BCUT2D eigenvalue weighted by atomic mass is 16.6. The minimum Gasteiger partial charge on any atom is -0.380 e. The molecule has 0 saturated carbocycles. The third kappa shape index (κ3) is 3.15. The molecule has 4 heteroatoms. The first-order valence-electron chi connectivity index (χ1n) is 6.64. The summed E-state index contributed by atoms with van der Waals surface area (Å²) in [4.78, 5) is 10.6. The molecule has 0 aliphatic carbocycles. The summed E-state index contributed by atoms with van der Waals surface area (Å²) in [5, 5.41) is 14.3. The first-order chi connectivity index (χ1) is 9.59. The van der Waals surface area contributed by atoms with Crippen LogP contribution >= 0.6 is 0 Å². The molecule has 0 aliphatic heterocycles. The van der Waals surface area contributed by atoms with Gasteiger partial charge in [-0.2, -0.15) is 0 Å². The number of benzene rings is 2. The van der Waals surface area contributed by atoms with Gasteiger partial charge < -0.3 is 5.32 Å². The van der Waals surface area contributed by atoms with Crippen LogP contribution in [0.15, 0.2) is 48.5 Å². The molecule has 0 fully saturated rings. The van der Waals surface area contributed by atoms with Crippen LogP contribution in [0, 0.1) is 10.1 Å². The van der Waals surface area contributed by atoms with Crippen LogP contribution in [0.5, 0.6) is 0 Å². The van der Waals surface area contributed by atoms with E-state index in [1.807, 2.05) is 24.3 Å². The zero-order valence-electron chi connectivity index (χ0n) is 11.7. The van der Waals surface area contributed by atoms with Crippen LogP contribution < -0.4 is 5.32 Å². The van der Waals surface area contributed by atoms with Crippen molar-refractivity contribution in [2.45, 2.75) is 26.3 Å². The number of hydrogen-bond donors (Lipinski definition) is 1. The maximum atomic E-state index is 11.0. The summed E-state index contributed by atoms with van der Waals surface area (Å²) in [5.74, 6) is 0.407. The molecular weight excluding hydrogens is 252 g/mol. The van der Waals surface area contributed by atoms with Gasteiger partial charge >= 0.3 is 0 Å². The SMILES string of the molecule is CC(C)c1ccccc1NCc1ccccc1[N+](=O)[O-]. The monoisotopic (exact) mass is 270 g/mol. The largest absolute Gasteiger partial charge is 0.380 e. The van der Waals surface area contributed by atoms with Crippen molar-refractivity contribution in [3.05, 3.63) is 69.8 Å². The van der Waals surface area contributed by atoms with E-state index in [9.17, 15) is 10.1 Å². The van der Waals surface area contributed by atoms with Crippen molar-refractivity contribution in [1.29, 1.82) is 0 Å². The van der Waals surface area contributed by atoms with E-state index < -0.39 is 0 Å². The Labute approximate surface area is 118 Å². The minimum absolute atomic E-state index is 0.155. The Morgan fingerprint density at radius 2 is 1.75 bits per heavy atom. The van der Waals surface area contributed by atoms with Crippen LogP contribution in [0.25, 0.3) is 0 Å². The number of anilines is 1. The molecule has 2 rings (SSSR count). The van der Waals surface area contributed by atoms with Gasteiger partial charge in [0, 0.05) is 23.9 Å². The Hall–Kier alpha value is -2.36. The molecule has 0 radical (unpaired) electrons. The quantitative estimate of drug-likeness (QED) is 0.650. The van der Waals surface area contributed by atoms with E-state index in [0.717, 1.165) is 5.69 Å². The van der Waals surface area contributed by atoms with Crippen LogP contribution in [0.4, 0.5) is 11.4 Å². The summed E-state index contributed by atoms with van der Waals surface area (Å²) in [6.07, 6.45) is 0. The number of nitrogens with one attached hydrogen (secondary N) is 1. The highest BCUT2D eigenvalue weighted by Gasteiger charge is 2.12. The van der Waals surface area contributed by atoms with Gasteiger partial charge in [0.1, 0.15) is 0 Å². The molecule has 2 aromatic carbocycles. The van der Waals surface area contributed by atoms with E-state index in [-0.39, 0.29) is 10.6 Å². The standard InChI is InChI=1S/C16H18N2O2/c1-12(2)14-8-4-5-9-15(14)17-11-13-7-3-6-10-16(13)18(19)20/h3-10,12,17H,11H2,1-2H3. The minimum atomic E-state index is -0.342. The van der Waals surface area contributed by atoms with Gasteiger partial charge in [0.05, 0.1) is 4.92 Å². The normalized spacial score (nSPS) is 10.6. The zero-order chi connectivity index (χ0) is 14.5. The Morgan fingerprint density at radius 1 is 1.10 bits per heavy atom. The molecule has 20 heavy (non-hydrogen) atoms. The lowest BCUT2D eigenvalue weighted by Crippen LogP contribution is -2.05. The molecule has 0 atom stereocenters. The number of para-hydroxylation sites is 2. The Morgan fingerprint density at radius 3 is 2.45 bits per heavy atom. The summed E-state index contributed by atoms with van der Waals surface area (Å²) in [6.45, 7) is 4.71. The van der Waals surface area contributed by atoms with Gasteiger partial charge in [-0.05, 0) is 17.5 Å². The van der Waals surface area contributed by atoms with Crippen LogP contribution in [-0.2, 0) is 6.54 Å². The lowest BCUT2D eigenvalue weighted by atomic mass is 10.0. The van der Waals surface area contributed by atoms with Gasteiger partial charge in [0.2, 0.25) is 0 Å². The highest BCUT2D eigenvalue weighted by Crippen LogP contribution is 2.25. The molecule has 0 bridgehead atoms. The lowest BCUT2D eigenvalue weighted by Gasteiger charge is -2.14. The topological polar surface area (TPSA) is 55.2 Å². The predicted octanol–water partition coefficient (Wildman–Crippen LogP) is 4.33. The van der Waals surface area contributed by atoms with Crippen molar-refractivity contribution in [2.24, 2.45) is 0 Å². The maximum Gasteiger partial charge on any atom is 0.274 e.